The van der Waals surface area contributed by atoms with Crippen molar-refractivity contribution in [3.63, 3.8) is 0 Å². The van der Waals surface area contributed by atoms with Crippen molar-refractivity contribution in [2.75, 3.05) is 25.6 Å². The molecule has 0 spiro atoms. The van der Waals surface area contributed by atoms with E-state index < -0.39 is 0 Å². The molecule has 2 aromatic rings. The number of benzene rings is 1. The number of aromatic nitrogens is 1. The monoisotopic (exact) mass is 325 g/mol. The maximum absolute atomic E-state index is 10.0. The highest BCUT2D eigenvalue weighted by Gasteiger charge is 2.47. The fourth-order valence-corrected chi connectivity index (χ4v) is 4.09. The summed E-state index contributed by atoms with van der Waals surface area (Å²) in [6, 6.07) is 9.20. The number of nitrogens with zero attached hydrogens (tertiary/aromatic N) is 3. The smallest absolute Gasteiger partial charge is 0.135 e. The third-order valence-electron chi connectivity index (χ3n) is 5.80. The molecule has 1 aromatic carbocycles. The van der Waals surface area contributed by atoms with Gasteiger partial charge >= 0.3 is 0 Å². The summed E-state index contributed by atoms with van der Waals surface area (Å²) in [5.41, 5.74) is 1.30. The largest absolute Gasteiger partial charge is 0.394 e. The molecule has 2 aliphatic rings. The van der Waals surface area contributed by atoms with Crippen LogP contribution in [-0.4, -0.2) is 47.3 Å². The lowest BCUT2D eigenvalue weighted by atomic mass is 9.75. The average Bonchev–Trinajstić information content (AvgIpc) is 3.38. The Morgan fingerprint density at radius 1 is 1.17 bits per heavy atom. The lowest BCUT2D eigenvalue weighted by Crippen LogP contribution is -2.56. The van der Waals surface area contributed by atoms with Crippen LogP contribution in [-0.2, 0) is 6.54 Å². The Bertz CT molecular complexity index is 729. The van der Waals surface area contributed by atoms with Crippen LogP contribution >= 0.6 is 0 Å². The van der Waals surface area contributed by atoms with Crippen molar-refractivity contribution in [3.05, 3.63) is 36.0 Å². The van der Waals surface area contributed by atoms with Crippen LogP contribution in [0.3, 0.4) is 0 Å². The third kappa shape index (κ3) is 2.58. The number of anilines is 1. The van der Waals surface area contributed by atoms with E-state index in [0.29, 0.717) is 6.04 Å². The van der Waals surface area contributed by atoms with Crippen LogP contribution in [0.5, 0.6) is 0 Å². The summed E-state index contributed by atoms with van der Waals surface area (Å²) in [6.45, 7) is 1.18. The van der Waals surface area contributed by atoms with Gasteiger partial charge in [0.25, 0.3) is 0 Å². The van der Waals surface area contributed by atoms with E-state index in [2.05, 4.69) is 34.1 Å². The van der Waals surface area contributed by atoms with Crippen LogP contribution in [0.4, 0.5) is 5.82 Å². The summed E-state index contributed by atoms with van der Waals surface area (Å²) in [6.07, 6.45) is 8.06. The highest BCUT2D eigenvalue weighted by Crippen LogP contribution is 2.45. The normalized spacial score (nSPS) is 19.5. The first-order chi connectivity index (χ1) is 11.6. The van der Waals surface area contributed by atoms with Crippen molar-refractivity contribution in [1.82, 2.24) is 9.88 Å². The van der Waals surface area contributed by atoms with Gasteiger partial charge in [0.1, 0.15) is 5.82 Å². The van der Waals surface area contributed by atoms with Gasteiger partial charge in [-0.1, -0.05) is 24.3 Å². The number of rotatable bonds is 6. The lowest BCUT2D eigenvalue weighted by molar-refractivity contribution is -0.0402. The Kier molecular flexibility index (Phi) is 3.97. The highest BCUT2D eigenvalue weighted by atomic mass is 16.3. The van der Waals surface area contributed by atoms with E-state index in [9.17, 15) is 5.11 Å². The van der Waals surface area contributed by atoms with E-state index >= 15 is 0 Å². The third-order valence-corrected chi connectivity index (χ3v) is 5.80. The quantitative estimate of drug-likeness (QED) is 0.885. The van der Waals surface area contributed by atoms with Crippen LogP contribution in [0, 0.1) is 0 Å². The molecule has 0 aliphatic heterocycles. The van der Waals surface area contributed by atoms with E-state index in [-0.39, 0.29) is 12.1 Å². The fraction of sp³-hybridized carbons (Fsp3) is 0.550. The van der Waals surface area contributed by atoms with Crippen molar-refractivity contribution in [1.29, 1.82) is 0 Å². The van der Waals surface area contributed by atoms with Gasteiger partial charge in [-0.05, 0) is 43.1 Å². The molecule has 1 aromatic heterocycles. The van der Waals surface area contributed by atoms with E-state index in [1.807, 2.05) is 20.3 Å². The molecule has 2 aliphatic carbocycles. The minimum Gasteiger partial charge on any atom is -0.394 e. The van der Waals surface area contributed by atoms with Crippen molar-refractivity contribution < 1.29 is 5.11 Å². The maximum atomic E-state index is 10.0. The van der Waals surface area contributed by atoms with Crippen molar-refractivity contribution in [2.24, 2.45) is 0 Å². The Hall–Kier alpha value is -1.65. The topological polar surface area (TPSA) is 39.6 Å². The molecule has 0 radical (unpaired) electrons. The van der Waals surface area contributed by atoms with Gasteiger partial charge in [0.15, 0.2) is 0 Å². The summed E-state index contributed by atoms with van der Waals surface area (Å²) in [7, 11) is 4.08. The number of fused-ring (bicyclic) bond motifs is 1. The summed E-state index contributed by atoms with van der Waals surface area (Å²) in [5.74, 6) is 1.02. The zero-order chi connectivity index (χ0) is 16.7. The molecule has 4 rings (SSSR count). The molecule has 0 unspecified atom stereocenters. The van der Waals surface area contributed by atoms with Gasteiger partial charge in [0.2, 0.25) is 0 Å². The summed E-state index contributed by atoms with van der Waals surface area (Å²) >= 11 is 0. The summed E-state index contributed by atoms with van der Waals surface area (Å²) < 4.78 is 0. The van der Waals surface area contributed by atoms with Gasteiger partial charge < -0.3 is 10.0 Å². The van der Waals surface area contributed by atoms with Gasteiger partial charge in [-0.2, -0.15) is 0 Å². The van der Waals surface area contributed by atoms with Crippen LogP contribution in [0.1, 0.15) is 37.7 Å². The molecular weight excluding hydrogens is 298 g/mol. The van der Waals surface area contributed by atoms with Gasteiger partial charge in [0, 0.05) is 43.8 Å². The SMILES string of the molecule is CN(C)c1ncc(CN(C2CC2)C2(CO)CCC2)c2ccccc12. The second-order valence-electron chi connectivity index (χ2n) is 7.64. The fourth-order valence-electron chi connectivity index (χ4n) is 4.09. The molecule has 0 saturated heterocycles. The molecule has 0 bridgehead atoms. The molecule has 128 valence electrons. The second kappa shape index (κ2) is 6.01. The van der Waals surface area contributed by atoms with Gasteiger partial charge in [-0.3, -0.25) is 4.90 Å². The van der Waals surface area contributed by atoms with E-state index in [1.165, 1.54) is 35.6 Å². The first kappa shape index (κ1) is 15.9. The zero-order valence-electron chi connectivity index (χ0n) is 14.7. The number of hydrogen-bond acceptors (Lipinski definition) is 4. The van der Waals surface area contributed by atoms with Gasteiger partial charge in [0.05, 0.1) is 6.61 Å². The van der Waals surface area contributed by atoms with Crippen LogP contribution in [0.2, 0.25) is 0 Å². The number of hydrogen-bond donors (Lipinski definition) is 1. The van der Waals surface area contributed by atoms with Crippen LogP contribution in [0.15, 0.2) is 30.5 Å². The van der Waals surface area contributed by atoms with Crippen LogP contribution < -0.4 is 4.90 Å². The summed E-state index contributed by atoms with van der Waals surface area (Å²) in [4.78, 5) is 9.38. The molecule has 0 amide bonds. The first-order valence-corrected chi connectivity index (χ1v) is 9.06. The number of aliphatic hydroxyl groups is 1. The molecule has 24 heavy (non-hydrogen) atoms. The molecule has 2 saturated carbocycles. The Morgan fingerprint density at radius 3 is 2.42 bits per heavy atom. The molecule has 4 heteroatoms. The predicted octanol–water partition coefficient (Wildman–Crippen LogP) is 3.18. The van der Waals surface area contributed by atoms with E-state index in [4.69, 9.17) is 4.98 Å². The Balaban J connectivity index is 1.72. The predicted molar refractivity (Wildman–Crippen MR) is 98.3 cm³/mol. The molecule has 1 N–H and O–H groups in total. The summed E-state index contributed by atoms with van der Waals surface area (Å²) in [5, 5.41) is 12.5. The Morgan fingerprint density at radius 2 is 1.88 bits per heavy atom. The minimum atomic E-state index is 0.0164. The highest BCUT2D eigenvalue weighted by molar-refractivity contribution is 5.94. The molecule has 1 heterocycles. The Labute approximate surface area is 144 Å². The molecule has 4 nitrogen and oxygen atoms in total. The minimum absolute atomic E-state index is 0.0164. The zero-order valence-corrected chi connectivity index (χ0v) is 14.7. The van der Waals surface area contributed by atoms with Gasteiger partial charge in [-0.15, -0.1) is 0 Å². The van der Waals surface area contributed by atoms with E-state index in [1.54, 1.807) is 0 Å². The van der Waals surface area contributed by atoms with Gasteiger partial charge in [-0.25, -0.2) is 4.98 Å². The number of aliphatic hydroxyl groups excluding tert-OH is 1. The maximum Gasteiger partial charge on any atom is 0.135 e. The van der Waals surface area contributed by atoms with Crippen molar-refractivity contribution in [2.45, 2.75) is 50.2 Å². The van der Waals surface area contributed by atoms with Crippen LogP contribution in [0.25, 0.3) is 10.8 Å². The second-order valence-corrected chi connectivity index (χ2v) is 7.64. The molecule has 0 atom stereocenters. The molecular formula is C20H27N3O. The van der Waals surface area contributed by atoms with Crippen molar-refractivity contribution in [3.8, 4) is 0 Å². The lowest BCUT2D eigenvalue weighted by Gasteiger charge is -2.50. The average molecular weight is 325 g/mol. The van der Waals surface area contributed by atoms with E-state index in [0.717, 1.165) is 25.2 Å². The standard InChI is InChI=1S/C20H27N3O/c1-22(2)19-18-7-4-3-6-17(18)15(12-21-19)13-23(16-8-9-16)20(14-24)10-5-11-20/h3-4,6-7,12,16,24H,5,8-11,13-14H2,1-2H3. The van der Waals surface area contributed by atoms with Crippen molar-refractivity contribution >= 4 is 16.6 Å². The molecule has 2 fully saturated rings. The first-order valence-electron chi connectivity index (χ1n) is 9.06. The number of pyridine rings is 1.